The first-order valence-corrected chi connectivity index (χ1v) is 10.1. The van der Waals surface area contributed by atoms with Gasteiger partial charge >= 0.3 is 0 Å². The number of nitrogens with zero attached hydrogens (tertiary/aromatic N) is 1. The maximum atomic E-state index is 12.2. The molecule has 144 valence electrons. The lowest BCUT2D eigenvalue weighted by atomic mass is 10.1. The normalized spacial score (nSPS) is 11.0. The highest BCUT2D eigenvalue weighted by atomic mass is 32.2. The van der Waals surface area contributed by atoms with E-state index in [2.05, 4.69) is 22.5 Å². The van der Waals surface area contributed by atoms with Crippen LogP contribution in [-0.4, -0.2) is 18.5 Å². The average molecular weight is 409 g/mol. The maximum Gasteiger partial charge on any atom is 0.270 e. The van der Waals surface area contributed by atoms with Crippen LogP contribution in [0.2, 0.25) is 0 Å². The van der Waals surface area contributed by atoms with Gasteiger partial charge in [0, 0.05) is 17.8 Å². The Kier molecular flexibility index (Phi) is 7.22. The molecule has 2 aromatic carbocycles. The van der Waals surface area contributed by atoms with Crippen molar-refractivity contribution in [2.45, 2.75) is 31.1 Å². The van der Waals surface area contributed by atoms with Gasteiger partial charge in [0.2, 0.25) is 0 Å². The third-order valence-corrected chi connectivity index (χ3v) is 5.12. The van der Waals surface area contributed by atoms with Gasteiger partial charge in [-0.2, -0.15) is 0 Å². The molecule has 0 heterocycles. The third kappa shape index (κ3) is 6.27. The first-order chi connectivity index (χ1) is 12.8. The second kappa shape index (κ2) is 9.40. The molecule has 3 N–H and O–H groups in total. The van der Waals surface area contributed by atoms with Crippen molar-refractivity contribution in [3.63, 3.8) is 0 Å². The van der Waals surface area contributed by atoms with Gasteiger partial charge in [0.05, 0.1) is 9.82 Å². The van der Waals surface area contributed by atoms with E-state index in [1.807, 2.05) is 24.3 Å². The van der Waals surface area contributed by atoms with Crippen LogP contribution in [-0.2, 0) is 16.4 Å². The van der Waals surface area contributed by atoms with E-state index in [4.69, 9.17) is 12.2 Å². The number of thiocarbonyl (C=S) groups is 1. The molecule has 27 heavy (non-hydrogen) atoms. The summed E-state index contributed by atoms with van der Waals surface area (Å²) in [5, 5.41) is 13.7. The van der Waals surface area contributed by atoms with E-state index >= 15 is 0 Å². The second-order valence-corrected chi connectivity index (χ2v) is 7.83. The number of hydrazine groups is 1. The number of aryl methyl sites for hydroxylation is 1. The fourth-order valence-corrected chi connectivity index (χ4v) is 3.36. The number of sulfonamides is 1. The summed E-state index contributed by atoms with van der Waals surface area (Å²) in [7, 11) is -4.01. The summed E-state index contributed by atoms with van der Waals surface area (Å²) in [6, 6.07) is 12.4. The van der Waals surface area contributed by atoms with Crippen molar-refractivity contribution in [3.05, 3.63) is 64.2 Å². The van der Waals surface area contributed by atoms with E-state index in [0.29, 0.717) is 5.69 Å². The summed E-state index contributed by atoms with van der Waals surface area (Å²) in [6.07, 6.45) is 3.24. The van der Waals surface area contributed by atoms with E-state index < -0.39 is 14.9 Å². The Bertz CT molecular complexity index is 915. The van der Waals surface area contributed by atoms with Crippen LogP contribution in [0.1, 0.15) is 25.3 Å². The first kappa shape index (κ1) is 20.7. The van der Waals surface area contributed by atoms with Gasteiger partial charge in [0.25, 0.3) is 15.7 Å². The number of hydrogen-bond acceptors (Lipinski definition) is 5. The van der Waals surface area contributed by atoms with Gasteiger partial charge in [-0.3, -0.25) is 15.5 Å². The molecule has 0 atom stereocenters. The molecular weight excluding hydrogens is 388 g/mol. The van der Waals surface area contributed by atoms with Crippen molar-refractivity contribution >= 4 is 38.7 Å². The minimum Gasteiger partial charge on any atom is -0.332 e. The van der Waals surface area contributed by atoms with Gasteiger partial charge < -0.3 is 5.32 Å². The number of nitro groups is 1. The standard InChI is InChI=1S/C17H20N4O4S2/c1-2-3-5-13-8-10-14(11-9-13)18-17(26)19-20-27(24,25)16-7-4-6-15(12-16)21(22)23/h4,6-12,20H,2-3,5H2,1H3,(H2,18,19,26). The molecule has 0 saturated carbocycles. The SMILES string of the molecule is CCCCc1ccc(NC(=S)NNS(=O)(=O)c2cccc([N+](=O)[O-])c2)cc1. The fraction of sp³-hybridized carbons (Fsp3) is 0.235. The molecule has 2 rings (SSSR count). The van der Waals surface area contributed by atoms with Gasteiger partial charge in [-0.25, -0.2) is 8.42 Å². The highest BCUT2D eigenvalue weighted by Gasteiger charge is 2.17. The highest BCUT2D eigenvalue weighted by Crippen LogP contribution is 2.17. The monoisotopic (exact) mass is 408 g/mol. The summed E-state index contributed by atoms with van der Waals surface area (Å²) >= 11 is 5.07. The van der Waals surface area contributed by atoms with Gasteiger partial charge in [0.1, 0.15) is 0 Å². The molecule has 0 amide bonds. The summed E-state index contributed by atoms with van der Waals surface area (Å²) < 4.78 is 24.5. The zero-order valence-corrected chi connectivity index (χ0v) is 16.3. The van der Waals surface area contributed by atoms with Crippen LogP contribution in [0.25, 0.3) is 0 Å². The maximum absolute atomic E-state index is 12.2. The van der Waals surface area contributed by atoms with Crippen LogP contribution < -0.4 is 15.6 Å². The van der Waals surface area contributed by atoms with Crippen molar-refractivity contribution in [2.75, 3.05) is 5.32 Å². The summed E-state index contributed by atoms with van der Waals surface area (Å²) in [5.74, 6) is 0. The van der Waals surface area contributed by atoms with Crippen LogP contribution in [0.15, 0.2) is 53.4 Å². The van der Waals surface area contributed by atoms with Crippen molar-refractivity contribution in [2.24, 2.45) is 0 Å². The van der Waals surface area contributed by atoms with Crippen molar-refractivity contribution in [3.8, 4) is 0 Å². The van der Waals surface area contributed by atoms with Gasteiger partial charge in [-0.1, -0.05) is 31.5 Å². The van der Waals surface area contributed by atoms with Crippen molar-refractivity contribution < 1.29 is 13.3 Å². The van der Waals surface area contributed by atoms with Crippen molar-refractivity contribution in [1.82, 2.24) is 10.3 Å². The summed E-state index contributed by atoms with van der Waals surface area (Å²) in [6.45, 7) is 2.13. The zero-order valence-electron chi connectivity index (χ0n) is 14.6. The van der Waals surface area contributed by atoms with E-state index in [-0.39, 0.29) is 15.7 Å². The molecule has 0 aromatic heterocycles. The number of anilines is 1. The van der Waals surface area contributed by atoms with Crippen LogP contribution in [0.5, 0.6) is 0 Å². The molecule has 8 nitrogen and oxygen atoms in total. The molecule has 0 bridgehead atoms. The molecule has 0 radical (unpaired) electrons. The molecule has 2 aromatic rings. The van der Waals surface area contributed by atoms with E-state index in [1.165, 1.54) is 23.8 Å². The predicted octanol–water partition coefficient (Wildman–Crippen LogP) is 3.12. The highest BCUT2D eigenvalue weighted by molar-refractivity contribution is 7.89. The number of benzene rings is 2. The Morgan fingerprint density at radius 1 is 1.19 bits per heavy atom. The smallest absolute Gasteiger partial charge is 0.270 e. The average Bonchev–Trinajstić information content (AvgIpc) is 2.66. The van der Waals surface area contributed by atoms with E-state index in [9.17, 15) is 18.5 Å². The lowest BCUT2D eigenvalue weighted by Crippen LogP contribution is -2.43. The molecule has 0 spiro atoms. The van der Waals surface area contributed by atoms with Crippen LogP contribution in [0.4, 0.5) is 11.4 Å². The molecular formula is C17H20N4O4S2. The second-order valence-electron chi connectivity index (χ2n) is 5.74. The Labute approximate surface area is 163 Å². The third-order valence-electron chi connectivity index (χ3n) is 3.67. The quantitative estimate of drug-likeness (QED) is 0.349. The van der Waals surface area contributed by atoms with Gasteiger partial charge in [0.15, 0.2) is 5.11 Å². The molecule has 0 unspecified atom stereocenters. The largest absolute Gasteiger partial charge is 0.332 e. The number of unbranched alkanes of at least 4 members (excludes halogenated alkanes) is 1. The number of nitro benzene ring substituents is 1. The molecule has 0 aliphatic rings. The molecule has 0 fully saturated rings. The number of nitrogens with one attached hydrogen (secondary N) is 3. The summed E-state index contributed by atoms with van der Waals surface area (Å²) in [4.78, 5) is 12.0. The van der Waals surface area contributed by atoms with Crippen LogP contribution in [0.3, 0.4) is 0 Å². The minimum atomic E-state index is -4.01. The number of rotatable bonds is 8. The molecule has 0 aliphatic heterocycles. The summed E-state index contributed by atoms with van der Waals surface area (Å²) in [5.41, 5.74) is 3.99. The Hall–Kier alpha value is -2.56. The Balaban J connectivity index is 1.94. The Morgan fingerprint density at radius 3 is 2.52 bits per heavy atom. The van der Waals surface area contributed by atoms with Gasteiger partial charge in [-0.15, -0.1) is 4.83 Å². The lowest BCUT2D eigenvalue weighted by molar-refractivity contribution is -0.385. The van der Waals surface area contributed by atoms with Gasteiger partial charge in [-0.05, 0) is 48.8 Å². The number of non-ortho nitro benzene ring substituents is 1. The minimum absolute atomic E-state index is 0.0466. The molecule has 10 heteroatoms. The Morgan fingerprint density at radius 2 is 1.89 bits per heavy atom. The zero-order chi connectivity index (χ0) is 19.9. The van der Waals surface area contributed by atoms with Crippen LogP contribution >= 0.6 is 12.2 Å². The van der Waals surface area contributed by atoms with Crippen molar-refractivity contribution in [1.29, 1.82) is 0 Å². The molecule has 0 aliphatic carbocycles. The number of hydrogen-bond donors (Lipinski definition) is 3. The lowest BCUT2D eigenvalue weighted by Gasteiger charge is -2.12. The van der Waals surface area contributed by atoms with Crippen LogP contribution in [0, 0.1) is 10.1 Å². The first-order valence-electron chi connectivity index (χ1n) is 8.24. The molecule has 0 saturated heterocycles. The predicted molar refractivity (Wildman–Crippen MR) is 108 cm³/mol. The van der Waals surface area contributed by atoms with E-state index in [0.717, 1.165) is 25.3 Å². The topological polar surface area (TPSA) is 113 Å². The fourth-order valence-electron chi connectivity index (χ4n) is 2.23. The van der Waals surface area contributed by atoms with E-state index in [1.54, 1.807) is 0 Å².